The SMILES string of the molecule is Cn1cc2c(=O)n(C)c(N3CCCC3c3nc4ccccc4c(=O)n3CCO)nc2n1. The summed E-state index contributed by atoms with van der Waals surface area (Å²) in [6.45, 7) is 0.656. The first-order valence-corrected chi connectivity index (χ1v) is 10.3. The van der Waals surface area contributed by atoms with Crippen molar-refractivity contribution >= 4 is 27.9 Å². The first-order valence-electron chi connectivity index (χ1n) is 10.3. The van der Waals surface area contributed by atoms with Crippen LogP contribution in [-0.4, -0.2) is 47.1 Å². The second-order valence-corrected chi connectivity index (χ2v) is 7.83. The van der Waals surface area contributed by atoms with Gasteiger partial charge in [-0.2, -0.15) is 10.1 Å². The Hall–Kier alpha value is -3.53. The molecule has 10 heteroatoms. The molecule has 5 rings (SSSR count). The summed E-state index contributed by atoms with van der Waals surface area (Å²) in [7, 11) is 3.45. The first-order chi connectivity index (χ1) is 15.0. The van der Waals surface area contributed by atoms with Gasteiger partial charge in [0, 0.05) is 26.8 Å². The minimum absolute atomic E-state index is 0.155. The Morgan fingerprint density at radius 3 is 2.71 bits per heavy atom. The monoisotopic (exact) mass is 421 g/mol. The Kier molecular flexibility index (Phi) is 4.58. The molecular weight excluding hydrogens is 398 g/mol. The molecule has 10 nitrogen and oxygen atoms in total. The van der Waals surface area contributed by atoms with Crippen LogP contribution in [0.25, 0.3) is 21.9 Å². The number of benzene rings is 1. The third kappa shape index (κ3) is 3.02. The van der Waals surface area contributed by atoms with Crippen LogP contribution in [0.15, 0.2) is 40.1 Å². The van der Waals surface area contributed by atoms with E-state index in [0.717, 1.165) is 12.8 Å². The molecule has 31 heavy (non-hydrogen) atoms. The molecule has 4 heterocycles. The van der Waals surface area contributed by atoms with Gasteiger partial charge < -0.3 is 10.0 Å². The molecule has 0 aliphatic carbocycles. The summed E-state index contributed by atoms with van der Waals surface area (Å²) >= 11 is 0. The van der Waals surface area contributed by atoms with Crippen molar-refractivity contribution in [2.24, 2.45) is 14.1 Å². The van der Waals surface area contributed by atoms with Crippen molar-refractivity contribution in [3.63, 3.8) is 0 Å². The maximum atomic E-state index is 13.1. The Labute approximate surface area is 177 Å². The normalized spacial score (nSPS) is 16.6. The van der Waals surface area contributed by atoms with E-state index >= 15 is 0 Å². The zero-order chi connectivity index (χ0) is 21.7. The van der Waals surface area contributed by atoms with E-state index in [1.807, 2.05) is 17.0 Å². The highest BCUT2D eigenvalue weighted by atomic mass is 16.3. The Balaban J connectivity index is 1.70. The molecule has 0 spiro atoms. The molecule has 1 N–H and O–H groups in total. The van der Waals surface area contributed by atoms with E-state index in [1.54, 1.807) is 41.7 Å². The standard InChI is InChI=1S/C21H23N7O3/c1-25-12-14-17(24-25)23-21(26(2)19(14)30)27-9-5-8-16(27)18-22-15-7-4-3-6-13(15)20(31)28(18)10-11-29/h3-4,6-7,12,16,29H,5,8-11H2,1-2H3. The van der Waals surface area contributed by atoms with Crippen LogP contribution in [0, 0.1) is 0 Å². The molecule has 1 fully saturated rings. The van der Waals surface area contributed by atoms with Crippen LogP contribution in [0.3, 0.4) is 0 Å². The highest BCUT2D eigenvalue weighted by Crippen LogP contribution is 2.34. The molecular formula is C21H23N7O3. The van der Waals surface area contributed by atoms with Crippen LogP contribution >= 0.6 is 0 Å². The number of aliphatic hydroxyl groups excluding tert-OH is 1. The number of aryl methyl sites for hydroxylation is 1. The van der Waals surface area contributed by atoms with Gasteiger partial charge in [0.2, 0.25) is 5.95 Å². The molecule has 0 radical (unpaired) electrons. The number of anilines is 1. The number of rotatable bonds is 4. The molecule has 1 aliphatic rings. The largest absolute Gasteiger partial charge is 0.395 e. The van der Waals surface area contributed by atoms with E-state index in [1.165, 1.54) is 4.57 Å². The molecule has 1 unspecified atom stereocenters. The quantitative estimate of drug-likeness (QED) is 0.517. The van der Waals surface area contributed by atoms with E-state index in [-0.39, 0.29) is 30.3 Å². The third-order valence-corrected chi connectivity index (χ3v) is 5.87. The van der Waals surface area contributed by atoms with Crippen LogP contribution in [0.5, 0.6) is 0 Å². The lowest BCUT2D eigenvalue weighted by Gasteiger charge is -2.28. The summed E-state index contributed by atoms with van der Waals surface area (Å²) in [6.07, 6.45) is 3.29. The van der Waals surface area contributed by atoms with Crippen molar-refractivity contribution in [2.75, 3.05) is 18.1 Å². The minimum atomic E-state index is -0.247. The van der Waals surface area contributed by atoms with Gasteiger partial charge in [0.15, 0.2) is 5.65 Å². The summed E-state index contributed by atoms with van der Waals surface area (Å²) in [5.41, 5.74) is 0.664. The number of para-hydroxylation sites is 1. The van der Waals surface area contributed by atoms with Gasteiger partial charge in [-0.25, -0.2) is 4.98 Å². The predicted octanol–water partition coefficient (Wildman–Crippen LogP) is 0.711. The summed E-state index contributed by atoms with van der Waals surface area (Å²) in [5.74, 6) is 1.07. The van der Waals surface area contributed by atoms with Gasteiger partial charge in [-0.15, -0.1) is 0 Å². The van der Waals surface area contributed by atoms with Crippen molar-refractivity contribution < 1.29 is 5.11 Å². The maximum Gasteiger partial charge on any atom is 0.265 e. The van der Waals surface area contributed by atoms with Gasteiger partial charge in [-0.05, 0) is 25.0 Å². The molecule has 3 aromatic heterocycles. The van der Waals surface area contributed by atoms with Crippen LogP contribution < -0.4 is 16.0 Å². The number of hydrogen-bond acceptors (Lipinski definition) is 7. The van der Waals surface area contributed by atoms with Crippen molar-refractivity contribution in [3.05, 3.63) is 57.0 Å². The number of fused-ring (bicyclic) bond motifs is 2. The summed E-state index contributed by atoms with van der Waals surface area (Å²) < 4.78 is 4.65. The number of hydrogen-bond donors (Lipinski definition) is 1. The third-order valence-electron chi connectivity index (χ3n) is 5.87. The fourth-order valence-electron chi connectivity index (χ4n) is 4.44. The molecule has 0 bridgehead atoms. The summed E-state index contributed by atoms with van der Waals surface area (Å²) in [4.78, 5) is 37.5. The summed E-state index contributed by atoms with van der Waals surface area (Å²) in [6, 6.07) is 6.97. The second-order valence-electron chi connectivity index (χ2n) is 7.83. The van der Waals surface area contributed by atoms with Crippen molar-refractivity contribution in [2.45, 2.75) is 25.4 Å². The van der Waals surface area contributed by atoms with Gasteiger partial charge >= 0.3 is 0 Å². The molecule has 4 aromatic rings. The Morgan fingerprint density at radius 2 is 1.90 bits per heavy atom. The van der Waals surface area contributed by atoms with Gasteiger partial charge in [0.05, 0.1) is 30.1 Å². The molecule has 1 aliphatic heterocycles. The van der Waals surface area contributed by atoms with E-state index in [0.29, 0.717) is 40.3 Å². The molecule has 1 atom stereocenters. The number of aliphatic hydroxyl groups is 1. The zero-order valence-corrected chi connectivity index (χ0v) is 17.4. The lowest BCUT2D eigenvalue weighted by atomic mass is 10.1. The highest BCUT2D eigenvalue weighted by molar-refractivity contribution is 5.77. The molecule has 0 amide bonds. The van der Waals surface area contributed by atoms with Crippen LogP contribution in [0.4, 0.5) is 5.95 Å². The van der Waals surface area contributed by atoms with E-state index < -0.39 is 0 Å². The number of nitrogens with zero attached hydrogens (tertiary/aromatic N) is 7. The Morgan fingerprint density at radius 1 is 1.10 bits per heavy atom. The van der Waals surface area contributed by atoms with Crippen molar-refractivity contribution in [1.29, 1.82) is 0 Å². The molecule has 1 saturated heterocycles. The predicted molar refractivity (Wildman–Crippen MR) is 116 cm³/mol. The van der Waals surface area contributed by atoms with Gasteiger partial charge in [-0.3, -0.25) is 23.4 Å². The van der Waals surface area contributed by atoms with E-state index in [9.17, 15) is 14.7 Å². The van der Waals surface area contributed by atoms with Crippen molar-refractivity contribution in [1.82, 2.24) is 28.9 Å². The molecule has 0 saturated carbocycles. The van der Waals surface area contributed by atoms with E-state index in [2.05, 4.69) is 10.1 Å². The van der Waals surface area contributed by atoms with Gasteiger partial charge in [-0.1, -0.05) is 12.1 Å². The average molecular weight is 421 g/mol. The van der Waals surface area contributed by atoms with Gasteiger partial charge in [0.25, 0.3) is 11.1 Å². The zero-order valence-electron chi connectivity index (χ0n) is 17.4. The molecule has 160 valence electrons. The molecule has 1 aromatic carbocycles. The first kappa shape index (κ1) is 19.4. The number of aromatic nitrogens is 6. The fourth-order valence-corrected chi connectivity index (χ4v) is 4.44. The Bertz CT molecular complexity index is 1420. The fraction of sp³-hybridized carbons (Fsp3) is 0.381. The van der Waals surface area contributed by atoms with E-state index in [4.69, 9.17) is 4.98 Å². The van der Waals surface area contributed by atoms with Crippen molar-refractivity contribution in [3.8, 4) is 0 Å². The summed E-state index contributed by atoms with van der Waals surface area (Å²) in [5, 5.41) is 14.9. The van der Waals surface area contributed by atoms with Crippen LogP contribution in [-0.2, 0) is 20.6 Å². The topological polar surface area (TPSA) is 111 Å². The minimum Gasteiger partial charge on any atom is -0.395 e. The second kappa shape index (κ2) is 7.31. The smallest absolute Gasteiger partial charge is 0.265 e. The van der Waals surface area contributed by atoms with Crippen LogP contribution in [0.1, 0.15) is 24.7 Å². The lowest BCUT2D eigenvalue weighted by molar-refractivity contribution is 0.270. The lowest BCUT2D eigenvalue weighted by Crippen LogP contribution is -2.36. The highest BCUT2D eigenvalue weighted by Gasteiger charge is 2.33. The maximum absolute atomic E-state index is 13.1. The average Bonchev–Trinajstić information content (AvgIpc) is 3.39. The van der Waals surface area contributed by atoms with Gasteiger partial charge in [0.1, 0.15) is 11.2 Å². The van der Waals surface area contributed by atoms with Crippen LogP contribution in [0.2, 0.25) is 0 Å².